The molecule has 5 nitrogen and oxygen atoms in total. The third kappa shape index (κ3) is 3.17. The molecule has 1 aromatic rings. The van der Waals surface area contributed by atoms with Crippen molar-refractivity contribution in [3.05, 3.63) is 23.8 Å². The Bertz CT molecular complexity index is 454. The van der Waals surface area contributed by atoms with Crippen LogP contribution in [0.2, 0.25) is 0 Å². The standard InChI is InChI=1S/C14H21N3O2/c1-2-19-11-5-7-17(8-6-11)13-9-10(14(16)18)3-4-12(13)15/h3-4,9,11H,2,5-8,15H2,1H3,(H2,16,18). The molecule has 19 heavy (non-hydrogen) atoms. The van der Waals surface area contributed by atoms with Crippen LogP contribution in [-0.4, -0.2) is 31.7 Å². The predicted molar refractivity (Wildman–Crippen MR) is 76.2 cm³/mol. The van der Waals surface area contributed by atoms with E-state index in [-0.39, 0.29) is 0 Å². The average molecular weight is 263 g/mol. The van der Waals surface area contributed by atoms with Gasteiger partial charge in [0.25, 0.3) is 0 Å². The molecule has 1 heterocycles. The maximum Gasteiger partial charge on any atom is 0.248 e. The Morgan fingerprint density at radius 2 is 2.11 bits per heavy atom. The number of carbonyl (C=O) groups excluding carboxylic acids is 1. The molecule has 0 bridgehead atoms. The molecule has 1 fully saturated rings. The van der Waals surface area contributed by atoms with E-state index >= 15 is 0 Å². The van der Waals surface area contributed by atoms with Crippen LogP contribution in [0, 0.1) is 0 Å². The zero-order valence-electron chi connectivity index (χ0n) is 11.3. The van der Waals surface area contributed by atoms with E-state index in [1.54, 1.807) is 18.2 Å². The van der Waals surface area contributed by atoms with E-state index in [1.165, 1.54) is 0 Å². The van der Waals surface area contributed by atoms with E-state index < -0.39 is 5.91 Å². The summed E-state index contributed by atoms with van der Waals surface area (Å²) < 4.78 is 5.63. The molecule has 1 aliphatic heterocycles. The van der Waals surface area contributed by atoms with Crippen molar-refractivity contribution < 1.29 is 9.53 Å². The van der Waals surface area contributed by atoms with Gasteiger partial charge in [0.05, 0.1) is 17.5 Å². The Morgan fingerprint density at radius 1 is 1.42 bits per heavy atom. The van der Waals surface area contributed by atoms with Gasteiger partial charge in [-0.1, -0.05) is 0 Å². The molecule has 0 spiro atoms. The number of rotatable bonds is 4. The minimum atomic E-state index is -0.426. The van der Waals surface area contributed by atoms with Crippen molar-refractivity contribution in [3.63, 3.8) is 0 Å². The molecule has 1 aromatic carbocycles. The second-order valence-corrected chi connectivity index (χ2v) is 4.78. The Hall–Kier alpha value is -1.75. The molecule has 2 rings (SSSR count). The van der Waals surface area contributed by atoms with Crippen molar-refractivity contribution in [2.24, 2.45) is 5.73 Å². The van der Waals surface area contributed by atoms with Gasteiger partial charge >= 0.3 is 0 Å². The van der Waals surface area contributed by atoms with E-state index in [0.717, 1.165) is 38.2 Å². The number of hydrogen-bond acceptors (Lipinski definition) is 4. The number of hydrogen-bond donors (Lipinski definition) is 2. The molecule has 1 saturated heterocycles. The highest BCUT2D eigenvalue weighted by Crippen LogP contribution is 2.28. The minimum Gasteiger partial charge on any atom is -0.397 e. The van der Waals surface area contributed by atoms with Gasteiger partial charge in [0.1, 0.15) is 0 Å². The number of nitrogens with zero attached hydrogens (tertiary/aromatic N) is 1. The van der Waals surface area contributed by atoms with Crippen LogP contribution in [0.1, 0.15) is 30.1 Å². The van der Waals surface area contributed by atoms with Gasteiger partial charge in [-0.3, -0.25) is 4.79 Å². The van der Waals surface area contributed by atoms with Crippen LogP contribution in [0.3, 0.4) is 0 Å². The Kier molecular flexibility index (Phi) is 4.27. The second-order valence-electron chi connectivity index (χ2n) is 4.78. The number of amides is 1. The number of primary amides is 1. The van der Waals surface area contributed by atoms with Crippen LogP contribution in [0.4, 0.5) is 11.4 Å². The maximum absolute atomic E-state index is 11.2. The van der Waals surface area contributed by atoms with Gasteiger partial charge in [-0.25, -0.2) is 0 Å². The van der Waals surface area contributed by atoms with Crippen LogP contribution in [0.5, 0.6) is 0 Å². The van der Waals surface area contributed by atoms with Crippen molar-refractivity contribution in [3.8, 4) is 0 Å². The van der Waals surface area contributed by atoms with E-state index in [2.05, 4.69) is 4.90 Å². The first-order valence-corrected chi connectivity index (χ1v) is 6.67. The van der Waals surface area contributed by atoms with E-state index in [4.69, 9.17) is 16.2 Å². The van der Waals surface area contributed by atoms with Crippen molar-refractivity contribution >= 4 is 17.3 Å². The van der Waals surface area contributed by atoms with E-state index in [1.807, 2.05) is 6.92 Å². The fraction of sp³-hybridized carbons (Fsp3) is 0.500. The Balaban J connectivity index is 2.10. The number of nitrogens with two attached hydrogens (primary N) is 2. The summed E-state index contributed by atoms with van der Waals surface area (Å²) in [6.45, 7) is 4.54. The Labute approximate surface area is 113 Å². The summed E-state index contributed by atoms with van der Waals surface area (Å²) in [5, 5.41) is 0. The molecule has 0 aromatic heterocycles. The van der Waals surface area contributed by atoms with Gasteiger partial charge in [-0.05, 0) is 38.0 Å². The second kappa shape index (κ2) is 5.93. The van der Waals surface area contributed by atoms with Crippen LogP contribution in [0.15, 0.2) is 18.2 Å². The molecule has 4 N–H and O–H groups in total. The summed E-state index contributed by atoms with van der Waals surface area (Å²) in [5.74, 6) is -0.426. The molecular formula is C14H21N3O2. The quantitative estimate of drug-likeness (QED) is 0.804. The largest absolute Gasteiger partial charge is 0.397 e. The number of piperidine rings is 1. The van der Waals surface area contributed by atoms with Crippen LogP contribution in [0.25, 0.3) is 0 Å². The van der Waals surface area contributed by atoms with Crippen molar-refractivity contribution in [2.45, 2.75) is 25.9 Å². The first kappa shape index (κ1) is 13.7. The zero-order valence-corrected chi connectivity index (χ0v) is 11.3. The smallest absolute Gasteiger partial charge is 0.248 e. The first-order chi connectivity index (χ1) is 9.11. The summed E-state index contributed by atoms with van der Waals surface area (Å²) in [4.78, 5) is 13.4. The van der Waals surface area contributed by atoms with Crippen molar-refractivity contribution in [2.75, 3.05) is 30.3 Å². The number of benzene rings is 1. The lowest BCUT2D eigenvalue weighted by Crippen LogP contribution is -2.37. The number of ether oxygens (including phenoxy) is 1. The molecule has 0 atom stereocenters. The topological polar surface area (TPSA) is 81.6 Å². The molecule has 104 valence electrons. The molecular weight excluding hydrogens is 242 g/mol. The number of nitrogen functional groups attached to an aromatic ring is 1. The van der Waals surface area contributed by atoms with Crippen molar-refractivity contribution in [1.82, 2.24) is 0 Å². The van der Waals surface area contributed by atoms with Gasteiger partial charge in [0.15, 0.2) is 0 Å². The maximum atomic E-state index is 11.2. The summed E-state index contributed by atoms with van der Waals surface area (Å²) in [6.07, 6.45) is 2.30. The lowest BCUT2D eigenvalue weighted by atomic mass is 10.1. The zero-order chi connectivity index (χ0) is 13.8. The predicted octanol–water partition coefficient (Wildman–Crippen LogP) is 1.37. The summed E-state index contributed by atoms with van der Waals surface area (Å²) in [5.41, 5.74) is 13.4. The van der Waals surface area contributed by atoms with Crippen LogP contribution in [-0.2, 0) is 4.74 Å². The number of anilines is 2. The minimum absolute atomic E-state index is 0.335. The third-order valence-corrected chi connectivity index (χ3v) is 3.50. The normalized spacial score (nSPS) is 16.6. The SMILES string of the molecule is CCOC1CCN(c2cc(C(N)=O)ccc2N)CC1. The fourth-order valence-electron chi connectivity index (χ4n) is 2.47. The average Bonchev–Trinajstić information content (AvgIpc) is 2.40. The fourth-order valence-corrected chi connectivity index (χ4v) is 2.47. The van der Waals surface area contributed by atoms with Gasteiger partial charge in [-0.15, -0.1) is 0 Å². The van der Waals surface area contributed by atoms with Gasteiger partial charge < -0.3 is 21.1 Å². The highest BCUT2D eigenvalue weighted by atomic mass is 16.5. The lowest BCUT2D eigenvalue weighted by molar-refractivity contribution is 0.0459. The molecule has 1 amide bonds. The highest BCUT2D eigenvalue weighted by molar-refractivity contribution is 5.95. The molecule has 5 heteroatoms. The first-order valence-electron chi connectivity index (χ1n) is 6.67. The molecule has 1 aliphatic rings. The van der Waals surface area contributed by atoms with Gasteiger partial charge in [0, 0.05) is 25.3 Å². The third-order valence-electron chi connectivity index (χ3n) is 3.50. The number of carbonyl (C=O) groups is 1. The van der Waals surface area contributed by atoms with Gasteiger partial charge in [0.2, 0.25) is 5.91 Å². The van der Waals surface area contributed by atoms with Gasteiger partial charge in [-0.2, -0.15) is 0 Å². The van der Waals surface area contributed by atoms with Crippen molar-refractivity contribution in [1.29, 1.82) is 0 Å². The monoisotopic (exact) mass is 263 g/mol. The summed E-state index contributed by atoms with van der Waals surface area (Å²) >= 11 is 0. The molecule has 0 aliphatic carbocycles. The highest BCUT2D eigenvalue weighted by Gasteiger charge is 2.21. The van der Waals surface area contributed by atoms with E-state index in [9.17, 15) is 4.79 Å². The van der Waals surface area contributed by atoms with Crippen LogP contribution < -0.4 is 16.4 Å². The lowest BCUT2D eigenvalue weighted by Gasteiger charge is -2.34. The summed E-state index contributed by atoms with van der Waals surface area (Å²) in [6, 6.07) is 5.18. The molecule has 0 radical (unpaired) electrons. The summed E-state index contributed by atoms with van der Waals surface area (Å²) in [7, 11) is 0. The van der Waals surface area contributed by atoms with Crippen LogP contribution >= 0.6 is 0 Å². The molecule has 0 unspecified atom stereocenters. The van der Waals surface area contributed by atoms with E-state index in [0.29, 0.717) is 17.4 Å². The molecule has 0 saturated carbocycles. The Morgan fingerprint density at radius 3 is 2.68 bits per heavy atom.